The van der Waals surface area contributed by atoms with Crippen molar-refractivity contribution in [3.63, 3.8) is 0 Å². The molecule has 2 aromatic carbocycles. The number of aromatic nitrogens is 1. The summed E-state index contributed by atoms with van der Waals surface area (Å²) in [5.41, 5.74) is 3.40. The third kappa shape index (κ3) is 3.94. The summed E-state index contributed by atoms with van der Waals surface area (Å²) in [4.78, 5) is 18.5. The number of benzene rings is 2. The van der Waals surface area contributed by atoms with Gasteiger partial charge in [0.05, 0.1) is 32.6 Å². The number of thiazole rings is 1. The maximum absolute atomic E-state index is 12.8. The average molecular weight is 398 g/mol. The van der Waals surface area contributed by atoms with Crippen LogP contribution in [0.1, 0.15) is 20.8 Å². The molecule has 1 amide bonds. The van der Waals surface area contributed by atoms with E-state index < -0.39 is 0 Å². The SMILES string of the molecule is COc1cc(OC)c(C(=O)Nc2nc(-c3ccc(C)cc3)c(C)s2)cc1OC. The number of aryl methyl sites for hydroxylation is 2. The van der Waals surface area contributed by atoms with Crippen LogP contribution in [0.3, 0.4) is 0 Å². The van der Waals surface area contributed by atoms with E-state index in [1.165, 1.54) is 38.2 Å². The van der Waals surface area contributed by atoms with Gasteiger partial charge in [-0.15, -0.1) is 11.3 Å². The Labute approximate surface area is 168 Å². The van der Waals surface area contributed by atoms with Crippen LogP contribution in [-0.4, -0.2) is 32.2 Å². The Morgan fingerprint density at radius 2 is 1.54 bits per heavy atom. The molecular formula is C21H22N2O4S. The molecule has 146 valence electrons. The molecular weight excluding hydrogens is 376 g/mol. The summed E-state index contributed by atoms with van der Waals surface area (Å²) in [7, 11) is 4.55. The van der Waals surface area contributed by atoms with Crippen LogP contribution < -0.4 is 19.5 Å². The molecule has 6 nitrogen and oxygen atoms in total. The van der Waals surface area contributed by atoms with Gasteiger partial charge in [-0.05, 0) is 13.8 Å². The van der Waals surface area contributed by atoms with Crippen molar-refractivity contribution in [2.24, 2.45) is 0 Å². The molecule has 0 spiro atoms. The molecule has 1 N–H and O–H groups in total. The Morgan fingerprint density at radius 3 is 2.14 bits per heavy atom. The van der Waals surface area contributed by atoms with Gasteiger partial charge >= 0.3 is 0 Å². The molecule has 0 radical (unpaired) electrons. The number of carbonyl (C=O) groups excluding carboxylic acids is 1. The topological polar surface area (TPSA) is 69.7 Å². The molecule has 1 heterocycles. The van der Waals surface area contributed by atoms with Crippen molar-refractivity contribution >= 4 is 22.4 Å². The van der Waals surface area contributed by atoms with E-state index in [1.807, 2.05) is 38.1 Å². The average Bonchev–Trinajstić information content (AvgIpc) is 3.07. The number of nitrogens with zero attached hydrogens (tertiary/aromatic N) is 1. The van der Waals surface area contributed by atoms with Crippen LogP contribution in [0, 0.1) is 13.8 Å². The summed E-state index contributed by atoms with van der Waals surface area (Å²) in [6.45, 7) is 4.03. The normalized spacial score (nSPS) is 10.5. The van der Waals surface area contributed by atoms with Crippen LogP contribution in [0.2, 0.25) is 0 Å². The zero-order valence-electron chi connectivity index (χ0n) is 16.5. The van der Waals surface area contributed by atoms with Crippen LogP contribution in [0.4, 0.5) is 5.13 Å². The molecule has 0 aliphatic carbocycles. The lowest BCUT2D eigenvalue weighted by Gasteiger charge is -2.13. The lowest BCUT2D eigenvalue weighted by atomic mass is 10.1. The second-order valence-corrected chi connectivity index (χ2v) is 7.35. The summed E-state index contributed by atoms with van der Waals surface area (Å²) in [5, 5.41) is 3.38. The van der Waals surface area contributed by atoms with Gasteiger partial charge in [0.1, 0.15) is 5.75 Å². The molecule has 0 fully saturated rings. The molecule has 0 aliphatic heterocycles. The summed E-state index contributed by atoms with van der Waals surface area (Å²) < 4.78 is 15.9. The van der Waals surface area contributed by atoms with Gasteiger partial charge in [0.15, 0.2) is 16.6 Å². The first-order valence-corrected chi connectivity index (χ1v) is 9.44. The number of rotatable bonds is 6. The van der Waals surface area contributed by atoms with Crippen molar-refractivity contribution in [1.29, 1.82) is 0 Å². The molecule has 1 aromatic heterocycles. The molecule has 3 rings (SSSR count). The number of anilines is 1. The van der Waals surface area contributed by atoms with Gasteiger partial charge in [-0.1, -0.05) is 29.8 Å². The molecule has 7 heteroatoms. The van der Waals surface area contributed by atoms with Gasteiger partial charge in [0.2, 0.25) is 0 Å². The van der Waals surface area contributed by atoms with E-state index in [4.69, 9.17) is 14.2 Å². The number of ether oxygens (including phenoxy) is 3. The van der Waals surface area contributed by atoms with Gasteiger partial charge in [-0.3, -0.25) is 10.1 Å². The van der Waals surface area contributed by atoms with Crippen molar-refractivity contribution in [3.05, 3.63) is 52.4 Å². The van der Waals surface area contributed by atoms with E-state index in [9.17, 15) is 4.79 Å². The minimum Gasteiger partial charge on any atom is -0.496 e. The maximum atomic E-state index is 12.8. The van der Waals surface area contributed by atoms with E-state index in [1.54, 1.807) is 12.1 Å². The third-order valence-electron chi connectivity index (χ3n) is 4.29. The van der Waals surface area contributed by atoms with Gasteiger partial charge in [-0.25, -0.2) is 4.98 Å². The summed E-state index contributed by atoms with van der Waals surface area (Å²) in [6.07, 6.45) is 0. The Hall–Kier alpha value is -3.06. The largest absolute Gasteiger partial charge is 0.496 e. The van der Waals surface area contributed by atoms with Crippen LogP contribution in [0.15, 0.2) is 36.4 Å². The molecule has 0 saturated carbocycles. The third-order valence-corrected chi connectivity index (χ3v) is 5.18. The molecule has 0 bridgehead atoms. The molecule has 0 unspecified atom stereocenters. The van der Waals surface area contributed by atoms with Crippen LogP contribution in [0.5, 0.6) is 17.2 Å². The Kier molecular flexibility index (Phi) is 5.84. The van der Waals surface area contributed by atoms with Crippen molar-refractivity contribution in [1.82, 2.24) is 4.98 Å². The highest BCUT2D eigenvalue weighted by Gasteiger charge is 2.19. The predicted octanol–water partition coefficient (Wildman–Crippen LogP) is 4.71. The number of amides is 1. The Balaban J connectivity index is 1.89. The second kappa shape index (κ2) is 8.31. The zero-order chi connectivity index (χ0) is 20.3. The number of hydrogen-bond acceptors (Lipinski definition) is 6. The molecule has 0 atom stereocenters. The van der Waals surface area contributed by atoms with Crippen LogP contribution >= 0.6 is 11.3 Å². The first kappa shape index (κ1) is 19.7. The number of methoxy groups -OCH3 is 3. The van der Waals surface area contributed by atoms with Crippen molar-refractivity contribution in [2.75, 3.05) is 26.6 Å². The fraction of sp³-hybridized carbons (Fsp3) is 0.238. The number of nitrogens with one attached hydrogen (secondary N) is 1. The maximum Gasteiger partial charge on any atom is 0.261 e. The van der Waals surface area contributed by atoms with E-state index in [2.05, 4.69) is 10.3 Å². The van der Waals surface area contributed by atoms with E-state index in [-0.39, 0.29) is 5.91 Å². The lowest BCUT2D eigenvalue weighted by Crippen LogP contribution is -2.13. The van der Waals surface area contributed by atoms with Crippen molar-refractivity contribution in [3.8, 4) is 28.5 Å². The standard InChI is InChI=1S/C21H22N2O4S/c1-12-6-8-14(9-7-12)19-13(2)28-21(22-19)23-20(24)15-10-17(26-4)18(27-5)11-16(15)25-3/h6-11H,1-5H3,(H,22,23,24). The molecule has 28 heavy (non-hydrogen) atoms. The molecule has 3 aromatic rings. The highest BCUT2D eigenvalue weighted by atomic mass is 32.1. The Morgan fingerprint density at radius 1 is 0.929 bits per heavy atom. The highest BCUT2D eigenvalue weighted by Crippen LogP contribution is 2.36. The van der Waals surface area contributed by atoms with Crippen molar-refractivity contribution < 1.29 is 19.0 Å². The summed E-state index contributed by atoms with van der Waals surface area (Å²) >= 11 is 1.43. The van der Waals surface area contributed by atoms with Gasteiger partial charge in [0, 0.05) is 22.6 Å². The summed E-state index contributed by atoms with van der Waals surface area (Å²) in [6, 6.07) is 11.4. The number of carbonyl (C=O) groups is 1. The van der Waals surface area contributed by atoms with E-state index in [0.29, 0.717) is 27.9 Å². The number of hydrogen-bond donors (Lipinski definition) is 1. The first-order chi connectivity index (χ1) is 13.5. The van der Waals surface area contributed by atoms with Gasteiger partial charge in [-0.2, -0.15) is 0 Å². The minimum atomic E-state index is -0.331. The molecule has 0 saturated heterocycles. The summed E-state index contributed by atoms with van der Waals surface area (Å²) in [5.74, 6) is 0.996. The second-order valence-electron chi connectivity index (χ2n) is 6.15. The monoisotopic (exact) mass is 398 g/mol. The fourth-order valence-corrected chi connectivity index (χ4v) is 3.63. The smallest absolute Gasteiger partial charge is 0.261 e. The first-order valence-electron chi connectivity index (χ1n) is 8.62. The lowest BCUT2D eigenvalue weighted by molar-refractivity contribution is 0.102. The van der Waals surface area contributed by atoms with Gasteiger partial charge in [0.25, 0.3) is 5.91 Å². The highest BCUT2D eigenvalue weighted by molar-refractivity contribution is 7.16. The van der Waals surface area contributed by atoms with Crippen molar-refractivity contribution in [2.45, 2.75) is 13.8 Å². The van der Waals surface area contributed by atoms with E-state index >= 15 is 0 Å². The van der Waals surface area contributed by atoms with E-state index in [0.717, 1.165) is 16.1 Å². The molecule has 0 aliphatic rings. The van der Waals surface area contributed by atoms with Crippen LogP contribution in [0.25, 0.3) is 11.3 Å². The van der Waals surface area contributed by atoms with Gasteiger partial charge < -0.3 is 14.2 Å². The zero-order valence-corrected chi connectivity index (χ0v) is 17.3. The minimum absolute atomic E-state index is 0.331. The fourth-order valence-electron chi connectivity index (χ4n) is 2.80. The quantitative estimate of drug-likeness (QED) is 0.651. The van der Waals surface area contributed by atoms with Crippen LogP contribution in [-0.2, 0) is 0 Å². The predicted molar refractivity (Wildman–Crippen MR) is 111 cm³/mol. The Bertz CT molecular complexity index is 996.